The summed E-state index contributed by atoms with van der Waals surface area (Å²) in [6.07, 6.45) is 3.04. The topological polar surface area (TPSA) is 46.6 Å². The number of hydrogen-bond acceptors (Lipinski definition) is 3. The molecule has 1 saturated heterocycles. The molecule has 1 fully saturated rings. The van der Waals surface area contributed by atoms with Gasteiger partial charge in [0, 0.05) is 19.2 Å². The molecule has 90 valence electrons. The maximum Gasteiger partial charge on any atom is 0.308 e. The first-order valence-corrected chi connectivity index (χ1v) is 5.56. The Kier molecular flexibility index (Phi) is 4.52. The second-order valence-electron chi connectivity index (χ2n) is 4.34. The molecule has 1 aliphatic rings. The Morgan fingerprint density at radius 2 is 1.81 bits per heavy atom. The van der Waals surface area contributed by atoms with Crippen LogP contribution < -0.4 is 0 Å². The van der Waals surface area contributed by atoms with E-state index in [9.17, 15) is 9.59 Å². The summed E-state index contributed by atoms with van der Waals surface area (Å²) in [6.45, 7) is 5.09. The molecule has 0 atom stereocenters. The molecule has 0 unspecified atom stereocenters. The lowest BCUT2D eigenvalue weighted by atomic mass is 9.97. The van der Waals surface area contributed by atoms with Crippen LogP contribution in [0, 0.1) is 5.92 Å². The fourth-order valence-corrected chi connectivity index (χ4v) is 1.84. The predicted molar refractivity (Wildman–Crippen MR) is 60.8 cm³/mol. The molecular formula is C12H19NO3. The summed E-state index contributed by atoms with van der Waals surface area (Å²) in [5, 5.41) is 0. The maximum absolute atomic E-state index is 11.7. The Hall–Kier alpha value is -1.32. The van der Waals surface area contributed by atoms with Gasteiger partial charge in [0.1, 0.15) is 0 Å². The van der Waals surface area contributed by atoms with Crippen molar-refractivity contribution in [2.75, 3.05) is 20.2 Å². The molecule has 0 spiro atoms. The van der Waals surface area contributed by atoms with Crippen molar-refractivity contribution in [3.63, 3.8) is 0 Å². The minimum Gasteiger partial charge on any atom is -0.469 e. The lowest BCUT2D eigenvalue weighted by molar-refractivity contribution is -0.148. The van der Waals surface area contributed by atoms with Gasteiger partial charge in [0.25, 0.3) is 0 Å². The fraction of sp³-hybridized carbons (Fsp3) is 0.667. The molecule has 0 bridgehead atoms. The molecule has 1 amide bonds. The number of ether oxygens (including phenoxy) is 1. The molecule has 0 saturated carbocycles. The summed E-state index contributed by atoms with van der Waals surface area (Å²) in [6, 6.07) is 0. The van der Waals surface area contributed by atoms with Gasteiger partial charge < -0.3 is 9.64 Å². The number of nitrogens with zero attached hydrogens (tertiary/aromatic N) is 1. The Bertz CT molecular complexity index is 297. The van der Waals surface area contributed by atoms with Gasteiger partial charge in [0.05, 0.1) is 13.0 Å². The quantitative estimate of drug-likeness (QED) is 0.526. The summed E-state index contributed by atoms with van der Waals surface area (Å²) in [5.41, 5.74) is 1.00. The minimum absolute atomic E-state index is 0.0410. The van der Waals surface area contributed by atoms with E-state index in [1.165, 1.54) is 7.11 Å². The van der Waals surface area contributed by atoms with Gasteiger partial charge in [0.15, 0.2) is 0 Å². The molecule has 0 aromatic carbocycles. The first-order valence-electron chi connectivity index (χ1n) is 5.56. The highest BCUT2D eigenvalue weighted by Gasteiger charge is 2.26. The van der Waals surface area contributed by atoms with E-state index >= 15 is 0 Å². The molecule has 0 radical (unpaired) electrons. The van der Waals surface area contributed by atoms with Crippen LogP contribution in [0.4, 0.5) is 0 Å². The summed E-state index contributed by atoms with van der Waals surface area (Å²) in [5.74, 6) is -0.154. The van der Waals surface area contributed by atoms with Crippen molar-refractivity contribution in [2.45, 2.75) is 26.7 Å². The average molecular weight is 225 g/mol. The van der Waals surface area contributed by atoms with Gasteiger partial charge in [-0.25, -0.2) is 0 Å². The van der Waals surface area contributed by atoms with E-state index in [4.69, 9.17) is 4.74 Å². The van der Waals surface area contributed by atoms with Crippen molar-refractivity contribution in [1.29, 1.82) is 0 Å². The highest BCUT2D eigenvalue weighted by atomic mass is 16.5. The average Bonchev–Trinajstić information content (AvgIpc) is 2.27. The first-order chi connectivity index (χ1) is 7.54. The Morgan fingerprint density at radius 3 is 2.25 bits per heavy atom. The van der Waals surface area contributed by atoms with Crippen LogP contribution in [-0.4, -0.2) is 37.0 Å². The standard InChI is InChI=1S/C12H19NO3/c1-9(2)8-11(14)13-6-4-10(5-7-13)12(15)16-3/h8,10H,4-7H2,1-3H3. The molecule has 16 heavy (non-hydrogen) atoms. The van der Waals surface area contributed by atoms with Crippen LogP contribution >= 0.6 is 0 Å². The number of esters is 1. The number of rotatable bonds is 2. The largest absolute Gasteiger partial charge is 0.469 e. The van der Waals surface area contributed by atoms with Gasteiger partial charge in [-0.05, 0) is 26.7 Å². The lowest BCUT2D eigenvalue weighted by Crippen LogP contribution is -2.39. The molecule has 1 aliphatic heterocycles. The van der Waals surface area contributed by atoms with Crippen molar-refractivity contribution in [2.24, 2.45) is 5.92 Å². The number of carbonyl (C=O) groups excluding carboxylic acids is 2. The second-order valence-corrected chi connectivity index (χ2v) is 4.34. The van der Waals surface area contributed by atoms with Crippen molar-refractivity contribution < 1.29 is 14.3 Å². The van der Waals surface area contributed by atoms with Crippen molar-refractivity contribution in [3.05, 3.63) is 11.6 Å². The second kappa shape index (κ2) is 5.68. The predicted octanol–water partition coefficient (Wildman–Crippen LogP) is 1.36. The van der Waals surface area contributed by atoms with E-state index < -0.39 is 0 Å². The van der Waals surface area contributed by atoms with E-state index in [1.807, 2.05) is 13.8 Å². The highest BCUT2D eigenvalue weighted by Crippen LogP contribution is 2.18. The van der Waals surface area contributed by atoms with Gasteiger partial charge in [-0.1, -0.05) is 5.57 Å². The van der Waals surface area contributed by atoms with Gasteiger partial charge >= 0.3 is 5.97 Å². The van der Waals surface area contributed by atoms with E-state index in [1.54, 1.807) is 11.0 Å². The summed E-state index contributed by atoms with van der Waals surface area (Å²) >= 11 is 0. The van der Waals surface area contributed by atoms with E-state index in [2.05, 4.69) is 0 Å². The van der Waals surface area contributed by atoms with Gasteiger partial charge in [-0.2, -0.15) is 0 Å². The molecule has 0 N–H and O–H groups in total. The number of hydrogen-bond donors (Lipinski definition) is 0. The molecule has 0 aromatic rings. The molecule has 1 heterocycles. The number of carbonyl (C=O) groups is 2. The van der Waals surface area contributed by atoms with E-state index in [-0.39, 0.29) is 17.8 Å². The lowest BCUT2D eigenvalue weighted by Gasteiger charge is -2.30. The van der Waals surface area contributed by atoms with Crippen molar-refractivity contribution in [1.82, 2.24) is 4.90 Å². The van der Waals surface area contributed by atoms with E-state index in [0.717, 1.165) is 5.57 Å². The summed E-state index contributed by atoms with van der Waals surface area (Å²) in [7, 11) is 1.41. The Balaban J connectivity index is 2.46. The maximum atomic E-state index is 11.7. The Labute approximate surface area is 96.3 Å². The zero-order valence-corrected chi connectivity index (χ0v) is 10.2. The van der Waals surface area contributed by atoms with Gasteiger partial charge in [-0.15, -0.1) is 0 Å². The zero-order valence-electron chi connectivity index (χ0n) is 10.2. The summed E-state index contributed by atoms with van der Waals surface area (Å²) < 4.78 is 4.70. The SMILES string of the molecule is COC(=O)C1CCN(C(=O)C=C(C)C)CC1. The number of piperidine rings is 1. The smallest absolute Gasteiger partial charge is 0.308 e. The van der Waals surface area contributed by atoms with Gasteiger partial charge in [-0.3, -0.25) is 9.59 Å². The third-order valence-corrected chi connectivity index (χ3v) is 2.75. The molecule has 0 aliphatic carbocycles. The third-order valence-electron chi connectivity index (χ3n) is 2.75. The fourth-order valence-electron chi connectivity index (χ4n) is 1.84. The van der Waals surface area contributed by atoms with Crippen LogP contribution in [0.3, 0.4) is 0 Å². The van der Waals surface area contributed by atoms with Crippen LogP contribution in [0.5, 0.6) is 0 Å². The third kappa shape index (κ3) is 3.36. The number of allylic oxidation sites excluding steroid dienone is 1. The van der Waals surface area contributed by atoms with Crippen LogP contribution in [0.2, 0.25) is 0 Å². The molecule has 4 nitrogen and oxygen atoms in total. The van der Waals surface area contributed by atoms with E-state index in [0.29, 0.717) is 25.9 Å². The molecule has 4 heteroatoms. The number of methoxy groups -OCH3 is 1. The monoisotopic (exact) mass is 225 g/mol. The number of amides is 1. The molecule has 0 aromatic heterocycles. The Morgan fingerprint density at radius 1 is 1.25 bits per heavy atom. The van der Waals surface area contributed by atoms with Gasteiger partial charge in [0.2, 0.25) is 5.91 Å². The normalized spacial score (nSPS) is 16.8. The highest BCUT2D eigenvalue weighted by molar-refractivity contribution is 5.88. The molecular weight excluding hydrogens is 206 g/mol. The minimum atomic E-state index is -0.158. The molecule has 1 rings (SSSR count). The van der Waals surface area contributed by atoms with Crippen LogP contribution in [0.1, 0.15) is 26.7 Å². The van der Waals surface area contributed by atoms with Crippen molar-refractivity contribution >= 4 is 11.9 Å². The summed E-state index contributed by atoms with van der Waals surface area (Å²) in [4.78, 5) is 24.8. The van der Waals surface area contributed by atoms with Crippen LogP contribution in [-0.2, 0) is 14.3 Å². The number of likely N-dealkylation sites (tertiary alicyclic amines) is 1. The first kappa shape index (κ1) is 12.7. The zero-order chi connectivity index (χ0) is 12.1. The van der Waals surface area contributed by atoms with Crippen LogP contribution in [0.25, 0.3) is 0 Å². The van der Waals surface area contributed by atoms with Crippen LogP contribution in [0.15, 0.2) is 11.6 Å². The van der Waals surface area contributed by atoms with Crippen molar-refractivity contribution in [3.8, 4) is 0 Å².